The molecule has 0 unspecified atom stereocenters. The molecule has 12 rings (SSSR count). The van der Waals surface area contributed by atoms with Gasteiger partial charge in [-0.25, -0.2) is 0 Å². The molecule has 0 radical (unpaired) electrons. The highest BCUT2D eigenvalue weighted by Gasteiger charge is 2.35. The van der Waals surface area contributed by atoms with E-state index in [0.29, 0.717) is 0 Å². The molecule has 0 saturated heterocycles. The molecule has 10 aromatic carbocycles. The lowest BCUT2D eigenvalue weighted by molar-refractivity contribution is 0.660. The van der Waals surface area contributed by atoms with Crippen LogP contribution < -0.4 is 4.90 Å². The van der Waals surface area contributed by atoms with Crippen molar-refractivity contribution in [2.45, 2.75) is 19.3 Å². The minimum atomic E-state index is -0.0598. The predicted molar refractivity (Wildman–Crippen MR) is 259 cm³/mol. The van der Waals surface area contributed by atoms with E-state index in [1.807, 2.05) is 0 Å². The van der Waals surface area contributed by atoms with E-state index in [1.54, 1.807) is 0 Å². The van der Waals surface area contributed by atoms with Crippen molar-refractivity contribution in [3.05, 3.63) is 230 Å². The van der Waals surface area contributed by atoms with Gasteiger partial charge in [-0.05, 0) is 127 Å². The summed E-state index contributed by atoms with van der Waals surface area (Å²) in [7, 11) is 0. The van der Waals surface area contributed by atoms with Crippen LogP contribution in [0.2, 0.25) is 0 Å². The Morgan fingerprint density at radius 2 is 0.934 bits per heavy atom. The number of para-hydroxylation sites is 2. The summed E-state index contributed by atoms with van der Waals surface area (Å²) >= 11 is 0. The number of fused-ring (bicyclic) bond motifs is 9. The molecule has 11 aromatic rings. The number of hydrogen-bond donors (Lipinski definition) is 0. The van der Waals surface area contributed by atoms with Gasteiger partial charge in [0.25, 0.3) is 0 Å². The number of nitrogens with zero attached hydrogens (tertiary/aromatic N) is 2. The van der Waals surface area contributed by atoms with Crippen molar-refractivity contribution in [1.82, 2.24) is 4.57 Å². The van der Waals surface area contributed by atoms with Crippen molar-refractivity contribution in [2.24, 2.45) is 0 Å². The fourth-order valence-corrected chi connectivity index (χ4v) is 10.2. The molecule has 2 nitrogen and oxygen atoms in total. The van der Waals surface area contributed by atoms with Crippen molar-refractivity contribution >= 4 is 60.4 Å². The molecule has 61 heavy (non-hydrogen) atoms. The number of hydrogen-bond acceptors (Lipinski definition) is 1. The molecular formula is C59H42N2. The average Bonchev–Trinajstić information content (AvgIpc) is 3.77. The maximum atomic E-state index is 2.41. The van der Waals surface area contributed by atoms with E-state index >= 15 is 0 Å². The molecule has 1 heterocycles. The van der Waals surface area contributed by atoms with E-state index in [-0.39, 0.29) is 5.41 Å². The Balaban J connectivity index is 0.974. The van der Waals surface area contributed by atoms with Gasteiger partial charge in [-0.2, -0.15) is 0 Å². The molecule has 0 bridgehead atoms. The van der Waals surface area contributed by atoms with Gasteiger partial charge in [0.1, 0.15) is 0 Å². The Morgan fingerprint density at radius 1 is 0.344 bits per heavy atom. The van der Waals surface area contributed by atoms with Crippen LogP contribution in [0.3, 0.4) is 0 Å². The maximum Gasteiger partial charge on any atom is 0.0547 e. The molecule has 2 heteroatoms. The molecule has 0 amide bonds. The molecule has 1 aliphatic carbocycles. The maximum absolute atomic E-state index is 2.41. The summed E-state index contributed by atoms with van der Waals surface area (Å²) < 4.78 is 2.39. The van der Waals surface area contributed by atoms with Gasteiger partial charge in [0.15, 0.2) is 0 Å². The Hall–Kier alpha value is -7.68. The second kappa shape index (κ2) is 13.7. The first-order valence-corrected chi connectivity index (χ1v) is 21.3. The van der Waals surface area contributed by atoms with Gasteiger partial charge in [0.2, 0.25) is 0 Å². The SMILES string of the molecule is CC1(C)c2ccccc2-c2cc(N(c3ccc(-c4ccc5c6ccccc6n(-c6ccccc6)c5c4)cc3)c3ccc(-c4cccc5c4ccc4ccccc45)cc3)ccc21. The van der Waals surface area contributed by atoms with E-state index in [9.17, 15) is 0 Å². The highest BCUT2D eigenvalue weighted by Crippen LogP contribution is 2.51. The van der Waals surface area contributed by atoms with E-state index < -0.39 is 0 Å². The summed E-state index contributed by atoms with van der Waals surface area (Å²) in [5, 5.41) is 7.62. The lowest BCUT2D eigenvalue weighted by Crippen LogP contribution is -2.15. The van der Waals surface area contributed by atoms with Gasteiger partial charge in [0, 0.05) is 38.9 Å². The monoisotopic (exact) mass is 778 g/mol. The molecule has 1 aromatic heterocycles. The van der Waals surface area contributed by atoms with E-state index in [4.69, 9.17) is 0 Å². The van der Waals surface area contributed by atoms with Crippen LogP contribution in [0, 0.1) is 0 Å². The molecule has 0 spiro atoms. The number of rotatable bonds is 6. The van der Waals surface area contributed by atoms with E-state index in [0.717, 1.165) is 22.7 Å². The third kappa shape index (κ3) is 5.56. The van der Waals surface area contributed by atoms with Gasteiger partial charge in [-0.15, -0.1) is 0 Å². The van der Waals surface area contributed by atoms with Crippen molar-refractivity contribution in [2.75, 3.05) is 4.90 Å². The molecule has 0 aliphatic heterocycles. The fourth-order valence-electron chi connectivity index (χ4n) is 10.2. The molecular weight excluding hydrogens is 737 g/mol. The minimum absolute atomic E-state index is 0.0598. The standard InChI is InChI=1S/C59H42N2/c1-59(2)55-21-10-8-17-51(55)54-38-46(33-36-56(54)59)60(45-31-25-41(26-32-45)48-19-12-20-49-47-16-7-6-13-40(47)27-34-50(48)49)44-29-23-39(24-30-44)42-28-35-53-52-18-9-11-22-57(52)61(58(53)37-42)43-14-4-3-5-15-43/h3-38H,1-2H3. The first-order valence-electron chi connectivity index (χ1n) is 21.3. The van der Waals surface area contributed by atoms with Crippen LogP contribution in [0.5, 0.6) is 0 Å². The second-order valence-corrected chi connectivity index (χ2v) is 16.9. The Morgan fingerprint density at radius 3 is 1.75 bits per heavy atom. The molecule has 0 saturated carbocycles. The summed E-state index contributed by atoms with van der Waals surface area (Å²) in [6, 6.07) is 80.4. The first kappa shape index (κ1) is 35.3. The van der Waals surface area contributed by atoms with Crippen LogP contribution >= 0.6 is 0 Å². The Labute approximate surface area is 356 Å². The average molecular weight is 779 g/mol. The van der Waals surface area contributed by atoms with Gasteiger partial charge in [-0.3, -0.25) is 0 Å². The highest BCUT2D eigenvalue weighted by atomic mass is 15.1. The molecule has 1 aliphatic rings. The second-order valence-electron chi connectivity index (χ2n) is 16.9. The molecule has 288 valence electrons. The van der Waals surface area contributed by atoms with Crippen molar-refractivity contribution in [3.63, 3.8) is 0 Å². The molecule has 0 fully saturated rings. The van der Waals surface area contributed by atoms with Gasteiger partial charge in [-0.1, -0.05) is 172 Å². The molecule has 0 atom stereocenters. The Kier molecular flexibility index (Phi) is 7.92. The highest BCUT2D eigenvalue weighted by molar-refractivity contribution is 6.12. The van der Waals surface area contributed by atoms with Crippen molar-refractivity contribution < 1.29 is 0 Å². The minimum Gasteiger partial charge on any atom is -0.310 e. The summed E-state index contributed by atoms with van der Waals surface area (Å²) in [5.41, 5.74) is 17.1. The van der Waals surface area contributed by atoms with Crippen LogP contribution in [-0.4, -0.2) is 4.57 Å². The lowest BCUT2D eigenvalue weighted by Gasteiger charge is -2.27. The van der Waals surface area contributed by atoms with Crippen LogP contribution in [0.25, 0.3) is 82.4 Å². The van der Waals surface area contributed by atoms with E-state index in [1.165, 1.54) is 87.9 Å². The van der Waals surface area contributed by atoms with Crippen LogP contribution in [0.15, 0.2) is 218 Å². The third-order valence-corrected chi connectivity index (χ3v) is 13.2. The van der Waals surface area contributed by atoms with Crippen LogP contribution in [0.1, 0.15) is 25.0 Å². The zero-order valence-electron chi connectivity index (χ0n) is 34.2. The van der Waals surface area contributed by atoms with Crippen molar-refractivity contribution in [3.8, 4) is 39.1 Å². The molecule has 0 N–H and O–H groups in total. The zero-order chi connectivity index (χ0) is 40.7. The van der Waals surface area contributed by atoms with Crippen LogP contribution in [0.4, 0.5) is 17.1 Å². The topological polar surface area (TPSA) is 8.17 Å². The van der Waals surface area contributed by atoms with Gasteiger partial charge < -0.3 is 9.47 Å². The predicted octanol–water partition coefficient (Wildman–Crippen LogP) is 16.2. The zero-order valence-corrected chi connectivity index (χ0v) is 34.2. The van der Waals surface area contributed by atoms with E-state index in [2.05, 4.69) is 242 Å². The Bertz CT molecular complexity index is 3480. The van der Waals surface area contributed by atoms with Crippen LogP contribution in [-0.2, 0) is 5.41 Å². The summed E-state index contributed by atoms with van der Waals surface area (Å²) in [6.07, 6.45) is 0. The number of benzene rings is 10. The largest absolute Gasteiger partial charge is 0.310 e. The summed E-state index contributed by atoms with van der Waals surface area (Å²) in [4.78, 5) is 2.41. The quantitative estimate of drug-likeness (QED) is 0.153. The normalized spacial score (nSPS) is 12.9. The first-order chi connectivity index (χ1) is 30.0. The smallest absolute Gasteiger partial charge is 0.0547 e. The summed E-state index contributed by atoms with van der Waals surface area (Å²) in [5.74, 6) is 0. The summed E-state index contributed by atoms with van der Waals surface area (Å²) in [6.45, 7) is 4.69. The third-order valence-electron chi connectivity index (χ3n) is 13.2. The fraction of sp³-hybridized carbons (Fsp3) is 0.0508. The lowest BCUT2D eigenvalue weighted by atomic mass is 9.82. The number of anilines is 3. The van der Waals surface area contributed by atoms with Crippen molar-refractivity contribution in [1.29, 1.82) is 0 Å². The van der Waals surface area contributed by atoms with Gasteiger partial charge >= 0.3 is 0 Å². The number of aromatic nitrogens is 1. The van der Waals surface area contributed by atoms with Gasteiger partial charge in [0.05, 0.1) is 11.0 Å².